The molecular formula is C19H22F2N4O2. The number of hydrogen-bond donors (Lipinski definition) is 1. The summed E-state index contributed by atoms with van der Waals surface area (Å²) in [5.74, 6) is -0.309. The molecule has 2 atom stereocenters. The van der Waals surface area contributed by atoms with Crippen LogP contribution < -0.4 is 20.5 Å². The number of nitrogens with zero attached hydrogens (tertiary/aromatic N) is 3. The number of hydrogen-bond acceptors (Lipinski definition) is 5. The second-order valence-corrected chi connectivity index (χ2v) is 7.22. The van der Waals surface area contributed by atoms with E-state index in [2.05, 4.69) is 17.3 Å². The lowest BCUT2D eigenvalue weighted by Gasteiger charge is -2.30. The maximum Gasteiger partial charge on any atom is 0.316 e. The van der Waals surface area contributed by atoms with Gasteiger partial charge in [0.1, 0.15) is 17.3 Å². The predicted molar refractivity (Wildman–Crippen MR) is 97.6 cm³/mol. The molecule has 4 rings (SSSR count). The largest absolute Gasteiger partial charge is 0.486 e. The number of anilines is 1. The Hall–Kier alpha value is -2.48. The molecule has 1 aromatic heterocycles. The molecule has 2 aliphatic rings. The third-order valence-corrected chi connectivity index (χ3v) is 5.18. The molecule has 144 valence electrons. The Morgan fingerprint density at radius 3 is 2.52 bits per heavy atom. The zero-order valence-electron chi connectivity index (χ0n) is 15.1. The molecule has 0 bridgehead atoms. The van der Waals surface area contributed by atoms with Crippen LogP contribution in [-0.2, 0) is 0 Å². The Bertz CT molecular complexity index is 876. The van der Waals surface area contributed by atoms with Crippen LogP contribution >= 0.6 is 0 Å². The maximum atomic E-state index is 13.6. The van der Waals surface area contributed by atoms with Gasteiger partial charge in [0.15, 0.2) is 0 Å². The van der Waals surface area contributed by atoms with Crippen molar-refractivity contribution in [1.82, 2.24) is 15.1 Å². The summed E-state index contributed by atoms with van der Waals surface area (Å²) in [7, 11) is 0. The van der Waals surface area contributed by atoms with Crippen LogP contribution in [0.1, 0.15) is 13.3 Å². The summed E-state index contributed by atoms with van der Waals surface area (Å²) < 4.78 is 34.1. The van der Waals surface area contributed by atoms with Crippen molar-refractivity contribution in [1.29, 1.82) is 0 Å². The molecule has 1 aromatic carbocycles. The van der Waals surface area contributed by atoms with Gasteiger partial charge in [0, 0.05) is 32.2 Å². The van der Waals surface area contributed by atoms with Crippen molar-refractivity contribution in [3.63, 3.8) is 0 Å². The fourth-order valence-electron chi connectivity index (χ4n) is 3.36. The summed E-state index contributed by atoms with van der Waals surface area (Å²) in [5, 5.41) is 7.42. The number of ether oxygens (including phenoxy) is 1. The Kier molecular flexibility index (Phi) is 4.82. The molecule has 6 nitrogen and oxygen atoms in total. The van der Waals surface area contributed by atoms with Gasteiger partial charge in [-0.15, -0.1) is 0 Å². The molecule has 2 heterocycles. The van der Waals surface area contributed by atoms with Gasteiger partial charge in [0.2, 0.25) is 5.75 Å². The molecule has 1 aliphatic carbocycles. The predicted octanol–water partition coefficient (Wildman–Crippen LogP) is 1.96. The van der Waals surface area contributed by atoms with Crippen molar-refractivity contribution >= 4 is 5.69 Å². The van der Waals surface area contributed by atoms with Gasteiger partial charge < -0.3 is 15.0 Å². The van der Waals surface area contributed by atoms with Gasteiger partial charge in [0.05, 0.1) is 18.5 Å². The molecule has 2 aromatic rings. The van der Waals surface area contributed by atoms with E-state index >= 15 is 0 Å². The van der Waals surface area contributed by atoms with Crippen LogP contribution in [0.3, 0.4) is 0 Å². The highest BCUT2D eigenvalue weighted by molar-refractivity contribution is 5.57. The zero-order valence-corrected chi connectivity index (χ0v) is 15.1. The van der Waals surface area contributed by atoms with Crippen LogP contribution in [0.4, 0.5) is 14.5 Å². The normalized spacial score (nSPS) is 22.0. The highest BCUT2D eigenvalue weighted by atomic mass is 19.1. The fraction of sp³-hybridized carbons (Fsp3) is 0.474. The molecular weight excluding hydrogens is 354 g/mol. The average molecular weight is 376 g/mol. The van der Waals surface area contributed by atoms with Crippen molar-refractivity contribution in [3.8, 4) is 11.4 Å². The Morgan fingerprint density at radius 1 is 1.22 bits per heavy atom. The topological polar surface area (TPSA) is 59.4 Å². The quantitative estimate of drug-likeness (QED) is 0.865. The van der Waals surface area contributed by atoms with Crippen LogP contribution in [0.5, 0.6) is 5.75 Å². The van der Waals surface area contributed by atoms with Gasteiger partial charge in [-0.25, -0.2) is 8.78 Å². The standard InChI is InChI=1S/C19H22F2N4O2/c1-12-6-13(12)11-27-18-17(24-4-2-22-3-5-24)10-23-25(19(18)26)16-8-14(20)7-15(21)9-16/h7-10,12-13,22H,2-6,11H2,1H3. The summed E-state index contributed by atoms with van der Waals surface area (Å²) in [4.78, 5) is 15.1. The van der Waals surface area contributed by atoms with Crippen molar-refractivity contribution < 1.29 is 13.5 Å². The van der Waals surface area contributed by atoms with E-state index < -0.39 is 17.2 Å². The summed E-state index contributed by atoms with van der Waals surface area (Å²) >= 11 is 0. The first-order chi connectivity index (χ1) is 13.0. The van der Waals surface area contributed by atoms with E-state index in [0.29, 0.717) is 24.1 Å². The van der Waals surface area contributed by atoms with E-state index in [9.17, 15) is 13.6 Å². The van der Waals surface area contributed by atoms with Gasteiger partial charge >= 0.3 is 5.56 Å². The lowest BCUT2D eigenvalue weighted by atomic mass is 10.2. The first-order valence-corrected chi connectivity index (χ1v) is 9.20. The van der Waals surface area contributed by atoms with E-state index in [1.807, 2.05) is 4.90 Å². The molecule has 0 spiro atoms. The Morgan fingerprint density at radius 2 is 1.89 bits per heavy atom. The van der Waals surface area contributed by atoms with E-state index in [0.717, 1.165) is 55.5 Å². The third kappa shape index (κ3) is 3.80. The van der Waals surface area contributed by atoms with E-state index in [-0.39, 0.29) is 11.4 Å². The number of aromatic nitrogens is 2. The van der Waals surface area contributed by atoms with Crippen LogP contribution in [0.2, 0.25) is 0 Å². The van der Waals surface area contributed by atoms with Gasteiger partial charge in [-0.3, -0.25) is 4.79 Å². The maximum absolute atomic E-state index is 13.6. The van der Waals surface area contributed by atoms with Gasteiger partial charge in [-0.1, -0.05) is 6.92 Å². The minimum atomic E-state index is -0.765. The summed E-state index contributed by atoms with van der Waals surface area (Å²) in [6, 6.07) is 2.92. The number of piperazine rings is 1. The van der Waals surface area contributed by atoms with Crippen molar-refractivity contribution in [3.05, 3.63) is 46.4 Å². The number of rotatable bonds is 5. The summed E-state index contributed by atoms with van der Waals surface area (Å²) in [6.45, 7) is 5.67. The summed E-state index contributed by atoms with van der Waals surface area (Å²) in [6.07, 6.45) is 2.62. The smallest absolute Gasteiger partial charge is 0.316 e. The van der Waals surface area contributed by atoms with E-state index in [1.54, 1.807) is 6.20 Å². The highest BCUT2D eigenvalue weighted by Crippen LogP contribution is 2.38. The SMILES string of the molecule is CC1CC1COc1c(N2CCNCC2)cnn(-c2cc(F)cc(F)c2)c1=O. The lowest BCUT2D eigenvalue weighted by molar-refractivity contribution is 0.287. The lowest BCUT2D eigenvalue weighted by Crippen LogP contribution is -2.44. The molecule has 1 saturated carbocycles. The van der Waals surface area contributed by atoms with Crippen LogP contribution in [0.15, 0.2) is 29.2 Å². The second kappa shape index (κ2) is 7.26. The van der Waals surface area contributed by atoms with Crippen molar-refractivity contribution in [2.75, 3.05) is 37.7 Å². The number of halogens is 2. The first kappa shape index (κ1) is 17.9. The highest BCUT2D eigenvalue weighted by Gasteiger charge is 2.34. The molecule has 1 saturated heterocycles. The molecule has 1 N–H and O–H groups in total. The average Bonchev–Trinajstić information content (AvgIpc) is 3.35. The zero-order chi connectivity index (χ0) is 19.0. The molecule has 0 amide bonds. The second-order valence-electron chi connectivity index (χ2n) is 7.22. The molecule has 2 fully saturated rings. The van der Waals surface area contributed by atoms with Crippen LogP contribution in [0, 0.1) is 23.5 Å². The molecule has 0 radical (unpaired) electrons. The van der Waals surface area contributed by atoms with E-state index in [4.69, 9.17) is 4.74 Å². The van der Waals surface area contributed by atoms with Gasteiger partial charge in [0.25, 0.3) is 0 Å². The number of benzene rings is 1. The first-order valence-electron chi connectivity index (χ1n) is 9.20. The Balaban J connectivity index is 1.73. The third-order valence-electron chi connectivity index (χ3n) is 5.18. The van der Waals surface area contributed by atoms with E-state index in [1.165, 1.54) is 0 Å². The molecule has 27 heavy (non-hydrogen) atoms. The Labute approximate surface area is 155 Å². The minimum Gasteiger partial charge on any atom is -0.486 e. The van der Waals surface area contributed by atoms with Crippen molar-refractivity contribution in [2.45, 2.75) is 13.3 Å². The van der Waals surface area contributed by atoms with Gasteiger partial charge in [-0.05, 0) is 30.4 Å². The van der Waals surface area contributed by atoms with Gasteiger partial charge in [-0.2, -0.15) is 9.78 Å². The number of nitrogens with one attached hydrogen (secondary N) is 1. The fourth-order valence-corrected chi connectivity index (χ4v) is 3.36. The van der Waals surface area contributed by atoms with Crippen LogP contribution in [-0.4, -0.2) is 42.6 Å². The molecule has 8 heteroatoms. The van der Waals surface area contributed by atoms with Crippen molar-refractivity contribution in [2.24, 2.45) is 11.8 Å². The minimum absolute atomic E-state index is 0.0361. The molecule has 1 aliphatic heterocycles. The monoisotopic (exact) mass is 376 g/mol. The summed E-state index contributed by atoms with van der Waals surface area (Å²) in [5.41, 5.74) is 0.154. The molecule has 2 unspecified atom stereocenters. The van der Waals surface area contributed by atoms with Crippen LogP contribution in [0.25, 0.3) is 5.69 Å².